The van der Waals surface area contributed by atoms with Crippen molar-refractivity contribution in [3.05, 3.63) is 0 Å². The minimum absolute atomic E-state index is 0.0267. The van der Waals surface area contributed by atoms with E-state index in [4.69, 9.17) is 0 Å². The highest BCUT2D eigenvalue weighted by molar-refractivity contribution is 8.76. The summed E-state index contributed by atoms with van der Waals surface area (Å²) < 4.78 is 22.3. The highest BCUT2D eigenvalue weighted by Gasteiger charge is 1.98. The van der Waals surface area contributed by atoms with Crippen molar-refractivity contribution in [3.63, 3.8) is 0 Å². The minimum Gasteiger partial charge on any atom is -0.215 e. The van der Waals surface area contributed by atoms with Gasteiger partial charge >= 0.3 is 0 Å². The molecule has 0 aliphatic heterocycles. The zero-order valence-corrected chi connectivity index (χ0v) is 7.68. The molecule has 0 amide bonds. The standard InChI is InChI=1S/C3H9NO2S3/c1-3(8-7-2)4-9(5)6/h3,9H,1-2H3,(H,4,5,6). The maximum absolute atomic E-state index is 9.99. The van der Waals surface area contributed by atoms with E-state index >= 15 is 0 Å². The van der Waals surface area contributed by atoms with Crippen molar-refractivity contribution in [3.8, 4) is 0 Å². The fraction of sp³-hybridized carbons (Fsp3) is 1.00. The molecule has 3 nitrogen and oxygen atoms in total. The van der Waals surface area contributed by atoms with Gasteiger partial charge in [0.2, 0.25) is 10.9 Å². The van der Waals surface area contributed by atoms with E-state index in [-0.39, 0.29) is 5.37 Å². The largest absolute Gasteiger partial charge is 0.215 e. The number of thiol groups is 1. The summed E-state index contributed by atoms with van der Waals surface area (Å²) in [7, 11) is 0.584. The maximum atomic E-state index is 9.99. The molecule has 0 saturated heterocycles. The van der Waals surface area contributed by atoms with Gasteiger partial charge in [-0.3, -0.25) is 0 Å². The molecule has 0 spiro atoms. The summed E-state index contributed by atoms with van der Waals surface area (Å²) in [5.41, 5.74) is 0. The lowest BCUT2D eigenvalue weighted by molar-refractivity contribution is 0.601. The van der Waals surface area contributed by atoms with Gasteiger partial charge in [-0.05, 0) is 13.2 Å². The molecular formula is C3H9NO2S3. The quantitative estimate of drug-likeness (QED) is 0.381. The average molecular weight is 187 g/mol. The van der Waals surface area contributed by atoms with E-state index in [1.54, 1.807) is 6.92 Å². The topological polar surface area (TPSA) is 46.2 Å². The van der Waals surface area contributed by atoms with Gasteiger partial charge in [-0.25, -0.2) is 13.1 Å². The smallest absolute Gasteiger partial charge is 0.202 e. The third kappa shape index (κ3) is 6.50. The van der Waals surface area contributed by atoms with Gasteiger partial charge in [-0.15, -0.1) is 0 Å². The molecule has 9 heavy (non-hydrogen) atoms. The fourth-order valence-corrected chi connectivity index (χ4v) is 2.58. The van der Waals surface area contributed by atoms with Crippen molar-refractivity contribution < 1.29 is 8.42 Å². The first-order chi connectivity index (χ1) is 4.16. The van der Waals surface area contributed by atoms with Gasteiger partial charge in [0.25, 0.3) is 0 Å². The molecule has 0 aliphatic rings. The molecule has 1 unspecified atom stereocenters. The molecule has 0 aliphatic carbocycles. The van der Waals surface area contributed by atoms with Crippen molar-refractivity contribution >= 4 is 32.5 Å². The lowest BCUT2D eigenvalue weighted by Crippen LogP contribution is -2.19. The van der Waals surface area contributed by atoms with Crippen molar-refractivity contribution in [2.75, 3.05) is 6.26 Å². The third-order valence-electron chi connectivity index (χ3n) is 0.528. The molecule has 0 rings (SSSR count). The summed E-state index contributed by atoms with van der Waals surface area (Å²) in [5, 5.41) is -0.0267. The first-order valence-corrected chi connectivity index (χ1v) is 6.06. The molecule has 0 heterocycles. The first kappa shape index (κ1) is 9.61. The second kappa shape index (κ2) is 5.40. The molecule has 6 heteroatoms. The van der Waals surface area contributed by atoms with Crippen LogP contribution in [0.1, 0.15) is 6.92 Å². The SMILES string of the molecule is CSSC(C)N[SH](=O)=O. The van der Waals surface area contributed by atoms with E-state index in [1.807, 2.05) is 6.26 Å². The molecule has 0 radical (unpaired) electrons. The monoisotopic (exact) mass is 187 g/mol. The Kier molecular flexibility index (Phi) is 5.77. The van der Waals surface area contributed by atoms with E-state index in [1.165, 1.54) is 21.6 Å². The van der Waals surface area contributed by atoms with Crippen LogP contribution in [0.25, 0.3) is 0 Å². The molecule has 0 saturated carbocycles. The number of hydrogen-bond acceptors (Lipinski definition) is 4. The van der Waals surface area contributed by atoms with E-state index < -0.39 is 10.9 Å². The summed E-state index contributed by atoms with van der Waals surface area (Å²) >= 11 is 0. The van der Waals surface area contributed by atoms with E-state index in [2.05, 4.69) is 4.72 Å². The Morgan fingerprint density at radius 1 is 1.56 bits per heavy atom. The Bertz CT molecular complexity index is 127. The summed E-state index contributed by atoms with van der Waals surface area (Å²) in [4.78, 5) is 0. The van der Waals surface area contributed by atoms with E-state index in [0.717, 1.165) is 0 Å². The normalized spacial score (nSPS) is 14.1. The zero-order valence-electron chi connectivity index (χ0n) is 5.16. The Balaban J connectivity index is 3.37. The molecular weight excluding hydrogens is 178 g/mol. The van der Waals surface area contributed by atoms with Crippen LogP contribution >= 0.6 is 21.6 Å². The van der Waals surface area contributed by atoms with Crippen LogP contribution in [0, 0.1) is 0 Å². The van der Waals surface area contributed by atoms with E-state index in [0.29, 0.717) is 0 Å². The highest BCUT2D eigenvalue weighted by atomic mass is 33.1. The van der Waals surface area contributed by atoms with Gasteiger partial charge in [0.05, 0.1) is 5.37 Å². The molecule has 1 N–H and O–H groups in total. The number of rotatable bonds is 4. The van der Waals surface area contributed by atoms with Gasteiger partial charge in [-0.1, -0.05) is 21.6 Å². The van der Waals surface area contributed by atoms with Crippen LogP contribution in [0.2, 0.25) is 0 Å². The van der Waals surface area contributed by atoms with Gasteiger partial charge in [0.15, 0.2) is 0 Å². The average Bonchev–Trinajstić information content (AvgIpc) is 1.63. The molecule has 0 aromatic rings. The molecule has 0 bridgehead atoms. The lowest BCUT2D eigenvalue weighted by atomic mass is 10.8. The summed E-state index contributed by atoms with van der Waals surface area (Å²) in [6, 6.07) is 0. The second-order valence-electron chi connectivity index (χ2n) is 1.29. The lowest BCUT2D eigenvalue weighted by Gasteiger charge is -2.03. The predicted molar refractivity (Wildman–Crippen MR) is 44.0 cm³/mol. The number of hydrogen-bond donors (Lipinski definition) is 2. The molecule has 0 fully saturated rings. The third-order valence-corrected chi connectivity index (χ3v) is 3.34. The Morgan fingerprint density at radius 3 is 2.44 bits per heavy atom. The highest BCUT2D eigenvalue weighted by Crippen LogP contribution is 2.20. The van der Waals surface area contributed by atoms with E-state index in [9.17, 15) is 8.42 Å². The van der Waals surface area contributed by atoms with Gasteiger partial charge in [0.1, 0.15) is 0 Å². The minimum atomic E-state index is -2.44. The van der Waals surface area contributed by atoms with Crippen LogP contribution in [-0.4, -0.2) is 20.0 Å². The Hall–Kier alpha value is 0.610. The molecule has 0 aromatic carbocycles. The Morgan fingerprint density at radius 2 is 2.11 bits per heavy atom. The zero-order chi connectivity index (χ0) is 7.28. The summed E-state index contributed by atoms with van der Waals surface area (Å²) in [5.74, 6) is 0. The summed E-state index contributed by atoms with van der Waals surface area (Å²) in [6.07, 6.45) is 1.90. The number of nitrogens with one attached hydrogen (secondary N) is 1. The van der Waals surface area contributed by atoms with Gasteiger partial charge in [-0.2, -0.15) is 0 Å². The van der Waals surface area contributed by atoms with Crippen LogP contribution in [0.15, 0.2) is 0 Å². The molecule has 1 atom stereocenters. The predicted octanol–water partition coefficient (Wildman–Crippen LogP) is 0.460. The van der Waals surface area contributed by atoms with Gasteiger partial charge < -0.3 is 0 Å². The van der Waals surface area contributed by atoms with Crippen LogP contribution in [0.4, 0.5) is 0 Å². The van der Waals surface area contributed by atoms with Crippen molar-refractivity contribution in [2.45, 2.75) is 12.3 Å². The first-order valence-electron chi connectivity index (χ1n) is 2.27. The second-order valence-corrected chi connectivity index (χ2v) is 4.87. The molecule has 0 aromatic heterocycles. The van der Waals surface area contributed by atoms with Crippen LogP contribution in [0.5, 0.6) is 0 Å². The molecule has 56 valence electrons. The van der Waals surface area contributed by atoms with Crippen LogP contribution < -0.4 is 4.72 Å². The van der Waals surface area contributed by atoms with Crippen LogP contribution in [0.3, 0.4) is 0 Å². The van der Waals surface area contributed by atoms with Crippen molar-refractivity contribution in [1.82, 2.24) is 4.72 Å². The summed E-state index contributed by atoms with van der Waals surface area (Å²) in [6.45, 7) is 1.80. The fourth-order valence-electron chi connectivity index (χ4n) is 0.314. The van der Waals surface area contributed by atoms with Crippen molar-refractivity contribution in [2.24, 2.45) is 0 Å². The van der Waals surface area contributed by atoms with Gasteiger partial charge in [0, 0.05) is 0 Å². The van der Waals surface area contributed by atoms with Crippen molar-refractivity contribution in [1.29, 1.82) is 0 Å². The Labute approximate surface area is 64.5 Å². The maximum Gasteiger partial charge on any atom is 0.202 e. The van der Waals surface area contributed by atoms with Crippen LogP contribution in [-0.2, 0) is 10.9 Å².